The Morgan fingerprint density at radius 2 is 1.74 bits per heavy atom. The molecular formula is C34H35F3N6O2S. The fourth-order valence-corrected chi connectivity index (χ4v) is 6.21. The maximum atomic E-state index is 12.8. The molecule has 12 heteroatoms. The fourth-order valence-electron chi connectivity index (χ4n) is 5.34. The van der Waals surface area contributed by atoms with Crippen molar-refractivity contribution in [3.63, 3.8) is 0 Å². The third-order valence-electron chi connectivity index (χ3n) is 7.61. The van der Waals surface area contributed by atoms with Crippen LogP contribution in [-0.4, -0.2) is 38.3 Å². The number of carbonyl (C=O) groups is 1. The van der Waals surface area contributed by atoms with Crippen LogP contribution in [-0.2, 0) is 0 Å². The Labute approximate surface area is 269 Å². The van der Waals surface area contributed by atoms with Crippen LogP contribution in [0.1, 0.15) is 61.4 Å². The second-order valence-electron chi connectivity index (χ2n) is 11.4. The zero-order valence-electron chi connectivity index (χ0n) is 26.2. The topological polar surface area (TPSA) is 86.3 Å². The third kappa shape index (κ3) is 7.74. The van der Waals surface area contributed by atoms with E-state index in [1.165, 1.54) is 57.7 Å². The Kier molecular flexibility index (Phi) is 9.76. The molecular weight excluding hydrogens is 613 g/mol. The van der Waals surface area contributed by atoms with Crippen molar-refractivity contribution in [2.45, 2.75) is 59.2 Å². The minimum absolute atomic E-state index is 0.173. The van der Waals surface area contributed by atoms with Gasteiger partial charge < -0.3 is 10.1 Å². The number of nitrogens with zero attached hydrogens (tertiary/aromatic N) is 5. The number of thiazole rings is 1. The number of carbonyl (C=O) groups excluding carboxylic acids is 1. The molecule has 5 rings (SSSR count). The second kappa shape index (κ2) is 13.7. The second-order valence-corrected chi connectivity index (χ2v) is 12.2. The lowest BCUT2D eigenvalue weighted by atomic mass is 9.96. The molecule has 0 saturated heterocycles. The molecule has 0 aliphatic rings. The summed E-state index contributed by atoms with van der Waals surface area (Å²) in [5, 5.41) is 9.41. The first-order valence-corrected chi connectivity index (χ1v) is 15.8. The van der Waals surface area contributed by atoms with Gasteiger partial charge in [0, 0.05) is 23.2 Å². The lowest BCUT2D eigenvalue weighted by Gasteiger charge is -2.17. The minimum Gasteiger partial charge on any atom is -0.406 e. The highest BCUT2D eigenvalue weighted by Crippen LogP contribution is 2.28. The molecule has 1 unspecified atom stereocenters. The number of alkyl halides is 3. The van der Waals surface area contributed by atoms with E-state index in [-0.39, 0.29) is 17.7 Å². The van der Waals surface area contributed by atoms with E-state index in [4.69, 9.17) is 0 Å². The first kappa shape index (κ1) is 32.7. The Bertz CT molecular complexity index is 1870. The molecule has 5 aromatic rings. The monoisotopic (exact) mass is 648 g/mol. The maximum Gasteiger partial charge on any atom is 0.573 e. The number of aromatic nitrogens is 4. The van der Waals surface area contributed by atoms with Crippen LogP contribution in [0.15, 0.2) is 83.4 Å². The summed E-state index contributed by atoms with van der Waals surface area (Å²) in [5.41, 5.74) is 6.97. The number of hydrogen-bond acceptors (Lipinski definition) is 5. The van der Waals surface area contributed by atoms with Crippen molar-refractivity contribution in [2.24, 2.45) is 4.99 Å². The molecule has 0 fully saturated rings. The lowest BCUT2D eigenvalue weighted by Crippen LogP contribution is -2.26. The highest BCUT2D eigenvalue weighted by Gasteiger charge is 2.31. The van der Waals surface area contributed by atoms with Crippen molar-refractivity contribution in [3.05, 3.63) is 106 Å². The number of amides is 2. The third-order valence-corrected chi connectivity index (χ3v) is 8.56. The number of benzene rings is 3. The van der Waals surface area contributed by atoms with E-state index in [9.17, 15) is 18.0 Å². The van der Waals surface area contributed by atoms with Gasteiger partial charge in [0.1, 0.15) is 12.1 Å². The predicted molar refractivity (Wildman–Crippen MR) is 173 cm³/mol. The van der Waals surface area contributed by atoms with E-state index in [2.05, 4.69) is 69.5 Å². The number of urea groups is 1. The number of nitrogens with one attached hydrogen (secondary N) is 1. The lowest BCUT2D eigenvalue weighted by molar-refractivity contribution is -0.274. The Morgan fingerprint density at radius 3 is 2.41 bits per heavy atom. The number of ether oxygens (including phenoxy) is 1. The van der Waals surface area contributed by atoms with Crippen molar-refractivity contribution < 1.29 is 22.7 Å². The highest BCUT2D eigenvalue weighted by molar-refractivity contribution is 7.07. The van der Waals surface area contributed by atoms with Crippen LogP contribution in [0, 0.1) is 13.8 Å². The molecule has 2 amide bonds. The molecule has 1 N–H and O–H groups in total. The molecule has 0 saturated carbocycles. The van der Waals surface area contributed by atoms with Gasteiger partial charge in [-0.3, -0.25) is 4.57 Å². The molecule has 2 heterocycles. The molecule has 46 heavy (non-hydrogen) atoms. The number of halogens is 3. The molecule has 8 nitrogen and oxygen atoms in total. The minimum atomic E-state index is -4.75. The van der Waals surface area contributed by atoms with Crippen LogP contribution in [0.3, 0.4) is 0 Å². The molecule has 1 atom stereocenters. The SMILES string of the molecule is Cc1cccc(-n2c(C)csc2=NC(=O)NCCC(C)c2ccc(-c3ncn(-c4ccc(OC(F)(F)F)cc4)n3)cc2)c1C(C)C. The molecule has 2 aromatic heterocycles. The van der Waals surface area contributed by atoms with E-state index < -0.39 is 6.36 Å². The van der Waals surface area contributed by atoms with Crippen molar-refractivity contribution in [2.75, 3.05) is 6.54 Å². The standard InChI is InChI=1S/C34H35F3N6O2S/c1-21(2)30-23(4)7-6-8-29(30)43-24(5)19-46-33(43)40-32(44)38-18-17-22(3)25-9-11-26(12-10-25)31-39-20-42(41-31)27-13-15-28(16-14-27)45-34(35,36)37/h6-16,19-22H,17-18H2,1-5H3,(H,38,44). The van der Waals surface area contributed by atoms with Crippen molar-refractivity contribution in [3.8, 4) is 28.5 Å². The van der Waals surface area contributed by atoms with E-state index in [0.717, 1.165) is 28.9 Å². The summed E-state index contributed by atoms with van der Waals surface area (Å²) in [4.78, 5) is 22.2. The summed E-state index contributed by atoms with van der Waals surface area (Å²) >= 11 is 1.45. The van der Waals surface area contributed by atoms with E-state index in [0.29, 0.717) is 28.8 Å². The maximum absolute atomic E-state index is 12.8. The number of aryl methyl sites for hydroxylation is 2. The van der Waals surface area contributed by atoms with Crippen LogP contribution in [0.2, 0.25) is 0 Å². The van der Waals surface area contributed by atoms with Gasteiger partial charge in [0.2, 0.25) is 0 Å². The molecule has 0 aliphatic carbocycles. The van der Waals surface area contributed by atoms with Crippen molar-refractivity contribution >= 4 is 17.4 Å². The van der Waals surface area contributed by atoms with Crippen molar-refractivity contribution in [1.82, 2.24) is 24.6 Å². The largest absolute Gasteiger partial charge is 0.573 e. The van der Waals surface area contributed by atoms with E-state index in [1.807, 2.05) is 42.6 Å². The van der Waals surface area contributed by atoms with Gasteiger partial charge in [0.15, 0.2) is 10.6 Å². The van der Waals surface area contributed by atoms with Crippen LogP contribution >= 0.6 is 11.3 Å². The van der Waals surface area contributed by atoms with E-state index >= 15 is 0 Å². The molecule has 240 valence electrons. The smallest absolute Gasteiger partial charge is 0.406 e. The summed E-state index contributed by atoms with van der Waals surface area (Å²) in [6, 6.07) is 19.1. The number of rotatable bonds is 9. The Balaban J connectivity index is 1.19. The summed E-state index contributed by atoms with van der Waals surface area (Å²) in [7, 11) is 0. The zero-order valence-corrected chi connectivity index (χ0v) is 27.0. The normalized spacial score (nSPS) is 12.8. The predicted octanol–water partition coefficient (Wildman–Crippen LogP) is 8.23. The van der Waals surface area contributed by atoms with Gasteiger partial charge in [-0.1, -0.05) is 57.2 Å². The van der Waals surface area contributed by atoms with Crippen LogP contribution in [0.4, 0.5) is 18.0 Å². The van der Waals surface area contributed by atoms with Crippen molar-refractivity contribution in [1.29, 1.82) is 0 Å². The Hall–Kier alpha value is -4.71. The van der Waals surface area contributed by atoms with Crippen LogP contribution < -0.4 is 14.9 Å². The molecule has 0 radical (unpaired) electrons. The van der Waals surface area contributed by atoms with Gasteiger partial charge >= 0.3 is 12.4 Å². The number of hydrogen-bond donors (Lipinski definition) is 1. The highest BCUT2D eigenvalue weighted by atomic mass is 32.1. The first-order valence-electron chi connectivity index (χ1n) is 14.9. The van der Waals surface area contributed by atoms with Gasteiger partial charge in [-0.2, -0.15) is 4.99 Å². The zero-order chi connectivity index (χ0) is 33.0. The van der Waals surface area contributed by atoms with Gasteiger partial charge in [-0.05, 0) is 79.1 Å². The van der Waals surface area contributed by atoms with Gasteiger partial charge in [-0.15, -0.1) is 29.6 Å². The quantitative estimate of drug-likeness (QED) is 0.175. The fraction of sp³-hybridized carbons (Fsp3) is 0.294. The molecule has 0 aliphatic heterocycles. The van der Waals surface area contributed by atoms with Gasteiger partial charge in [0.25, 0.3) is 0 Å². The first-order chi connectivity index (χ1) is 21.9. The summed E-state index contributed by atoms with van der Waals surface area (Å²) in [5.74, 6) is 0.673. The van der Waals surface area contributed by atoms with Crippen LogP contribution in [0.5, 0.6) is 5.75 Å². The van der Waals surface area contributed by atoms with Gasteiger partial charge in [-0.25, -0.2) is 14.5 Å². The summed E-state index contributed by atoms with van der Waals surface area (Å²) in [6.07, 6.45) is -2.52. The van der Waals surface area contributed by atoms with Crippen LogP contribution in [0.25, 0.3) is 22.8 Å². The molecule has 3 aromatic carbocycles. The summed E-state index contributed by atoms with van der Waals surface area (Å²) < 4.78 is 44.8. The average molecular weight is 649 g/mol. The Morgan fingerprint density at radius 1 is 1.02 bits per heavy atom. The molecule has 0 bridgehead atoms. The summed E-state index contributed by atoms with van der Waals surface area (Å²) in [6.45, 7) is 11.0. The average Bonchev–Trinajstić information content (AvgIpc) is 3.63. The molecule has 0 spiro atoms. The van der Waals surface area contributed by atoms with E-state index in [1.54, 1.807) is 0 Å². The van der Waals surface area contributed by atoms with Gasteiger partial charge in [0.05, 0.1) is 11.4 Å².